The number of methoxy groups -OCH3 is 1. The lowest BCUT2D eigenvalue weighted by atomic mass is 10.1. The average Bonchev–Trinajstić information content (AvgIpc) is 2.90. The summed E-state index contributed by atoms with van der Waals surface area (Å²) < 4.78 is 11.0. The van der Waals surface area contributed by atoms with E-state index in [2.05, 4.69) is 10.6 Å². The number of nitrogens with one attached hydrogen (secondary N) is 2. The number of hydrogen-bond donors (Lipinski definition) is 4. The van der Waals surface area contributed by atoms with Crippen LogP contribution in [-0.4, -0.2) is 66.4 Å². The second-order valence-corrected chi connectivity index (χ2v) is 8.39. The van der Waals surface area contributed by atoms with E-state index in [4.69, 9.17) is 14.6 Å². The van der Waals surface area contributed by atoms with Gasteiger partial charge in [-0.3, -0.25) is 4.79 Å². The molecular formula is C28H31N3O7. The van der Waals surface area contributed by atoms with Gasteiger partial charge in [0.2, 0.25) is 5.91 Å². The maximum absolute atomic E-state index is 12.9. The molecule has 0 heterocycles. The number of hydrogen-bond acceptors (Lipinski definition) is 6. The molecule has 3 amide bonds. The minimum atomic E-state index is -1.03. The van der Waals surface area contributed by atoms with Gasteiger partial charge in [0.05, 0.1) is 37.9 Å². The standard InChI is InChI=1S/C28H31N3O7/c1-19-5-3-4-6-23(19)29-28(36)30-24-12-7-20(17-25(24)37-2)18-26(33)31(13-15-32)14-16-38-22-10-8-21(9-11-22)27(34)35/h3-12,17,32H,13-16,18H2,1-2H3,(H,34,35)(H2,29,30,36). The zero-order valence-electron chi connectivity index (χ0n) is 21.3. The van der Waals surface area contributed by atoms with E-state index in [0.29, 0.717) is 28.4 Å². The molecule has 0 aliphatic carbocycles. The molecule has 3 aromatic carbocycles. The molecule has 10 heteroatoms. The molecule has 10 nitrogen and oxygen atoms in total. The summed E-state index contributed by atoms with van der Waals surface area (Å²) in [7, 11) is 1.48. The number of para-hydroxylation sites is 1. The van der Waals surface area contributed by atoms with E-state index in [1.165, 1.54) is 24.1 Å². The number of carboxylic acids is 1. The van der Waals surface area contributed by atoms with Gasteiger partial charge in [-0.2, -0.15) is 0 Å². The van der Waals surface area contributed by atoms with E-state index in [9.17, 15) is 19.5 Å². The molecule has 3 aromatic rings. The van der Waals surface area contributed by atoms with Crippen molar-refractivity contribution in [3.63, 3.8) is 0 Å². The summed E-state index contributed by atoms with van der Waals surface area (Å²) in [6.07, 6.45) is 0.0549. The number of aryl methyl sites for hydroxylation is 1. The molecule has 0 aliphatic rings. The van der Waals surface area contributed by atoms with Crippen molar-refractivity contribution in [3.8, 4) is 11.5 Å². The molecule has 0 aliphatic heterocycles. The lowest BCUT2D eigenvalue weighted by molar-refractivity contribution is -0.131. The van der Waals surface area contributed by atoms with E-state index in [0.717, 1.165) is 5.56 Å². The smallest absolute Gasteiger partial charge is 0.335 e. The number of rotatable bonds is 12. The molecule has 0 atom stereocenters. The van der Waals surface area contributed by atoms with Crippen molar-refractivity contribution in [2.75, 3.05) is 44.0 Å². The number of ether oxygens (including phenoxy) is 2. The van der Waals surface area contributed by atoms with Crippen LogP contribution in [0.3, 0.4) is 0 Å². The average molecular weight is 522 g/mol. The van der Waals surface area contributed by atoms with Gasteiger partial charge in [0.1, 0.15) is 18.1 Å². The Morgan fingerprint density at radius 1 is 0.921 bits per heavy atom. The number of carbonyl (C=O) groups is 3. The maximum Gasteiger partial charge on any atom is 0.335 e. The Kier molecular flexibility index (Phi) is 10.1. The van der Waals surface area contributed by atoms with Crippen LogP contribution >= 0.6 is 0 Å². The number of aliphatic hydroxyl groups is 1. The van der Waals surface area contributed by atoms with E-state index in [1.807, 2.05) is 25.1 Å². The van der Waals surface area contributed by atoms with Gasteiger partial charge in [-0.1, -0.05) is 24.3 Å². The molecule has 0 aromatic heterocycles. The summed E-state index contributed by atoms with van der Waals surface area (Å²) >= 11 is 0. The summed E-state index contributed by atoms with van der Waals surface area (Å²) in [6.45, 7) is 2.22. The maximum atomic E-state index is 12.9. The lowest BCUT2D eigenvalue weighted by Crippen LogP contribution is -2.37. The molecule has 0 bridgehead atoms. The fourth-order valence-electron chi connectivity index (χ4n) is 3.67. The predicted molar refractivity (Wildman–Crippen MR) is 143 cm³/mol. The Hall–Kier alpha value is -4.57. The summed E-state index contributed by atoms with van der Waals surface area (Å²) in [5.41, 5.74) is 2.89. The molecule has 0 radical (unpaired) electrons. The lowest BCUT2D eigenvalue weighted by Gasteiger charge is -2.22. The topological polar surface area (TPSA) is 137 Å². The number of urea groups is 1. The van der Waals surface area contributed by atoms with Crippen molar-refractivity contribution in [1.82, 2.24) is 4.90 Å². The molecule has 3 rings (SSSR count). The fourth-order valence-corrected chi connectivity index (χ4v) is 3.67. The molecule has 0 unspecified atom stereocenters. The Morgan fingerprint density at radius 3 is 2.29 bits per heavy atom. The third-order valence-electron chi connectivity index (χ3n) is 5.72. The monoisotopic (exact) mass is 521 g/mol. The number of benzene rings is 3. The van der Waals surface area contributed by atoms with Crippen molar-refractivity contribution in [2.24, 2.45) is 0 Å². The highest BCUT2D eigenvalue weighted by Gasteiger charge is 2.16. The minimum absolute atomic E-state index is 0.0549. The Morgan fingerprint density at radius 2 is 1.63 bits per heavy atom. The first-order chi connectivity index (χ1) is 18.3. The van der Waals surface area contributed by atoms with Gasteiger partial charge in [0, 0.05) is 12.2 Å². The van der Waals surface area contributed by atoms with E-state index in [-0.39, 0.29) is 44.2 Å². The number of aliphatic hydroxyl groups excluding tert-OH is 1. The molecule has 38 heavy (non-hydrogen) atoms. The number of anilines is 2. The number of amides is 3. The first-order valence-corrected chi connectivity index (χ1v) is 12.0. The zero-order chi connectivity index (χ0) is 27.5. The molecule has 0 saturated carbocycles. The third-order valence-corrected chi connectivity index (χ3v) is 5.72. The van der Waals surface area contributed by atoms with Gasteiger partial charge < -0.3 is 35.2 Å². The minimum Gasteiger partial charge on any atom is -0.495 e. The summed E-state index contributed by atoms with van der Waals surface area (Å²) in [6, 6.07) is 18.0. The van der Waals surface area contributed by atoms with E-state index < -0.39 is 12.0 Å². The van der Waals surface area contributed by atoms with Crippen molar-refractivity contribution in [3.05, 3.63) is 83.4 Å². The Balaban J connectivity index is 1.58. The van der Waals surface area contributed by atoms with Crippen molar-refractivity contribution < 1.29 is 34.1 Å². The molecule has 0 spiro atoms. The van der Waals surface area contributed by atoms with Crippen LogP contribution in [-0.2, 0) is 11.2 Å². The van der Waals surface area contributed by atoms with E-state index >= 15 is 0 Å². The second-order valence-electron chi connectivity index (χ2n) is 8.39. The second kappa shape index (κ2) is 13.7. The Bertz CT molecular complexity index is 1260. The van der Waals surface area contributed by atoms with Crippen LogP contribution in [0.4, 0.5) is 16.2 Å². The quantitative estimate of drug-likeness (QED) is 0.285. The predicted octanol–water partition coefficient (Wildman–Crippen LogP) is 3.79. The van der Waals surface area contributed by atoms with Crippen LogP contribution in [0, 0.1) is 6.92 Å². The molecule has 4 N–H and O–H groups in total. The van der Waals surface area contributed by atoms with Crippen LogP contribution in [0.15, 0.2) is 66.7 Å². The summed E-state index contributed by atoms with van der Waals surface area (Å²) in [5.74, 6) is -0.367. The number of carboxylic acid groups (broad SMARTS) is 1. The number of carbonyl (C=O) groups excluding carboxylic acids is 2. The van der Waals surface area contributed by atoms with Crippen LogP contribution in [0.5, 0.6) is 11.5 Å². The molecule has 0 fully saturated rings. The SMILES string of the molecule is COc1cc(CC(=O)N(CCO)CCOc2ccc(C(=O)O)cc2)ccc1NC(=O)Nc1ccccc1C. The van der Waals surface area contributed by atoms with Crippen LogP contribution in [0.2, 0.25) is 0 Å². The zero-order valence-corrected chi connectivity index (χ0v) is 21.3. The highest BCUT2D eigenvalue weighted by molar-refractivity contribution is 6.01. The van der Waals surface area contributed by atoms with Crippen molar-refractivity contribution in [2.45, 2.75) is 13.3 Å². The van der Waals surface area contributed by atoms with Gasteiger partial charge in [-0.15, -0.1) is 0 Å². The first-order valence-electron chi connectivity index (χ1n) is 12.0. The summed E-state index contributed by atoms with van der Waals surface area (Å²) in [5, 5.41) is 24.0. The van der Waals surface area contributed by atoms with Crippen LogP contribution in [0.1, 0.15) is 21.5 Å². The van der Waals surface area contributed by atoms with Crippen molar-refractivity contribution in [1.29, 1.82) is 0 Å². The van der Waals surface area contributed by atoms with E-state index in [1.54, 1.807) is 36.4 Å². The van der Waals surface area contributed by atoms with Crippen molar-refractivity contribution >= 4 is 29.3 Å². The number of nitrogens with zero attached hydrogens (tertiary/aromatic N) is 1. The number of aromatic carboxylic acids is 1. The third kappa shape index (κ3) is 7.97. The summed E-state index contributed by atoms with van der Waals surface area (Å²) in [4.78, 5) is 37.9. The Labute approximate surface area is 220 Å². The molecule has 200 valence electrons. The highest BCUT2D eigenvalue weighted by atomic mass is 16.5. The van der Waals surface area contributed by atoms with Gasteiger partial charge in [-0.25, -0.2) is 9.59 Å². The van der Waals surface area contributed by atoms with Gasteiger partial charge in [0.15, 0.2) is 0 Å². The molecular weight excluding hydrogens is 490 g/mol. The normalized spacial score (nSPS) is 10.4. The molecule has 0 saturated heterocycles. The van der Waals surface area contributed by atoms with Gasteiger partial charge >= 0.3 is 12.0 Å². The van der Waals surface area contributed by atoms with Gasteiger partial charge in [-0.05, 0) is 60.5 Å². The first kappa shape index (κ1) is 28.0. The fraction of sp³-hybridized carbons (Fsp3) is 0.250. The highest BCUT2D eigenvalue weighted by Crippen LogP contribution is 2.26. The van der Waals surface area contributed by atoms with Crippen LogP contribution in [0.25, 0.3) is 0 Å². The largest absolute Gasteiger partial charge is 0.495 e. The van der Waals surface area contributed by atoms with Gasteiger partial charge in [0.25, 0.3) is 0 Å². The van der Waals surface area contributed by atoms with Crippen LogP contribution < -0.4 is 20.1 Å².